The average Bonchev–Trinajstić information content (AvgIpc) is 3.56. The third kappa shape index (κ3) is 4.98. The van der Waals surface area contributed by atoms with Crippen LogP contribution in [-0.4, -0.2) is 51.2 Å². The van der Waals surface area contributed by atoms with E-state index in [0.717, 1.165) is 33.8 Å². The zero-order valence-electron chi connectivity index (χ0n) is 20.2. The third-order valence-electron chi connectivity index (χ3n) is 6.28. The number of para-hydroxylation sites is 1. The van der Waals surface area contributed by atoms with E-state index in [9.17, 15) is 4.79 Å². The molecule has 0 spiro atoms. The number of nitrogens with zero attached hydrogens (tertiary/aromatic N) is 4. The van der Waals surface area contributed by atoms with E-state index in [0.29, 0.717) is 13.0 Å². The maximum atomic E-state index is 13.3. The first-order valence-corrected chi connectivity index (χ1v) is 12.1. The molecule has 0 saturated heterocycles. The van der Waals surface area contributed by atoms with Crippen LogP contribution in [0.15, 0.2) is 96.2 Å². The molecule has 1 aliphatic heterocycles. The zero-order valence-corrected chi connectivity index (χ0v) is 20.2. The Bertz CT molecular complexity index is 1350. The summed E-state index contributed by atoms with van der Waals surface area (Å²) in [7, 11) is 0. The number of carbonyl (C=O) groups excluding carboxylic acids is 1. The van der Waals surface area contributed by atoms with Gasteiger partial charge in [0.15, 0.2) is 0 Å². The molecule has 3 aromatic carbocycles. The fourth-order valence-electron chi connectivity index (χ4n) is 4.42. The van der Waals surface area contributed by atoms with Crippen molar-refractivity contribution in [1.82, 2.24) is 20.1 Å². The van der Waals surface area contributed by atoms with Crippen LogP contribution in [0.25, 0.3) is 16.9 Å². The van der Waals surface area contributed by atoms with Gasteiger partial charge >= 0.3 is 0 Å². The molecule has 0 bridgehead atoms. The van der Waals surface area contributed by atoms with Crippen molar-refractivity contribution in [3.8, 4) is 16.9 Å². The lowest BCUT2D eigenvalue weighted by molar-refractivity contribution is -0.132. The van der Waals surface area contributed by atoms with Crippen molar-refractivity contribution in [2.45, 2.75) is 19.4 Å². The molecule has 2 heterocycles. The average molecular weight is 480 g/mol. The summed E-state index contributed by atoms with van der Waals surface area (Å²) in [4.78, 5) is 13.3. The van der Waals surface area contributed by atoms with Crippen molar-refractivity contribution in [1.29, 1.82) is 0 Å². The summed E-state index contributed by atoms with van der Waals surface area (Å²) in [6.07, 6.45) is 2.59. The Morgan fingerprint density at radius 1 is 0.972 bits per heavy atom. The molecule has 36 heavy (non-hydrogen) atoms. The van der Waals surface area contributed by atoms with Gasteiger partial charge in [0.2, 0.25) is 0 Å². The standard InChI is InChI=1S/C29H29N5O2/c1-21-12-14-23(15-13-21)29-25(20-33(32-29)24-10-6-3-7-11-24)27-18-26(22-8-4-2-5-9-22)31-34(27)28(36)19-30-16-17-35/h2-15,20,27,30,35H,16-19H2,1H3/t27-/m1/s1. The van der Waals surface area contributed by atoms with Crippen molar-refractivity contribution in [2.75, 3.05) is 19.7 Å². The van der Waals surface area contributed by atoms with E-state index in [4.69, 9.17) is 15.3 Å². The number of hydrogen-bond acceptors (Lipinski definition) is 5. The molecule has 0 unspecified atom stereocenters. The Balaban J connectivity index is 1.58. The zero-order chi connectivity index (χ0) is 24.9. The number of aromatic nitrogens is 2. The highest BCUT2D eigenvalue weighted by Crippen LogP contribution is 2.38. The number of aliphatic hydroxyl groups is 1. The first-order chi connectivity index (χ1) is 17.6. The van der Waals surface area contributed by atoms with Crippen LogP contribution in [0.3, 0.4) is 0 Å². The minimum atomic E-state index is -0.308. The smallest absolute Gasteiger partial charge is 0.257 e. The quantitative estimate of drug-likeness (QED) is 0.373. The molecular formula is C29H29N5O2. The van der Waals surface area contributed by atoms with Crippen LogP contribution in [0.2, 0.25) is 0 Å². The Morgan fingerprint density at radius 2 is 1.67 bits per heavy atom. The Morgan fingerprint density at radius 3 is 2.36 bits per heavy atom. The molecule has 0 saturated carbocycles. The number of nitrogens with one attached hydrogen (secondary N) is 1. The summed E-state index contributed by atoms with van der Waals surface area (Å²) in [5.74, 6) is -0.151. The van der Waals surface area contributed by atoms with Crippen LogP contribution in [0.1, 0.15) is 29.2 Å². The van der Waals surface area contributed by atoms with Gasteiger partial charge in [0.25, 0.3) is 5.91 Å². The van der Waals surface area contributed by atoms with E-state index in [1.54, 1.807) is 5.01 Å². The molecule has 0 radical (unpaired) electrons. The first kappa shape index (κ1) is 23.7. The largest absolute Gasteiger partial charge is 0.395 e. The van der Waals surface area contributed by atoms with Crippen LogP contribution in [0, 0.1) is 6.92 Å². The van der Waals surface area contributed by atoms with Gasteiger partial charge in [-0.05, 0) is 24.6 Å². The molecule has 0 fully saturated rings. The van der Waals surface area contributed by atoms with Gasteiger partial charge < -0.3 is 10.4 Å². The van der Waals surface area contributed by atoms with Crippen LogP contribution in [-0.2, 0) is 4.79 Å². The number of rotatable bonds is 8. The summed E-state index contributed by atoms with van der Waals surface area (Å²) in [5.41, 5.74) is 6.73. The van der Waals surface area contributed by atoms with Crippen molar-refractivity contribution in [3.63, 3.8) is 0 Å². The monoisotopic (exact) mass is 479 g/mol. The second kappa shape index (κ2) is 10.7. The second-order valence-electron chi connectivity index (χ2n) is 8.85. The number of aliphatic hydroxyl groups excluding tert-OH is 1. The first-order valence-electron chi connectivity index (χ1n) is 12.1. The van der Waals surface area contributed by atoms with Gasteiger partial charge in [-0.25, -0.2) is 9.69 Å². The van der Waals surface area contributed by atoms with E-state index in [1.165, 1.54) is 5.56 Å². The Kier molecular flexibility index (Phi) is 7.02. The molecule has 1 aliphatic rings. The predicted molar refractivity (Wildman–Crippen MR) is 141 cm³/mol. The van der Waals surface area contributed by atoms with Gasteiger partial charge in [0, 0.05) is 30.3 Å². The summed E-state index contributed by atoms with van der Waals surface area (Å²) in [6, 6.07) is 27.9. The number of aryl methyl sites for hydroxylation is 1. The molecule has 7 nitrogen and oxygen atoms in total. The Labute approximate surface area is 210 Å². The van der Waals surface area contributed by atoms with Crippen LogP contribution in [0.4, 0.5) is 0 Å². The Hall–Kier alpha value is -4.07. The lowest BCUT2D eigenvalue weighted by Crippen LogP contribution is -2.36. The molecule has 182 valence electrons. The van der Waals surface area contributed by atoms with E-state index >= 15 is 0 Å². The number of hydrogen-bond donors (Lipinski definition) is 2. The van der Waals surface area contributed by atoms with Gasteiger partial charge in [-0.1, -0.05) is 78.4 Å². The highest BCUT2D eigenvalue weighted by Gasteiger charge is 2.36. The maximum absolute atomic E-state index is 13.3. The summed E-state index contributed by atoms with van der Waals surface area (Å²) < 4.78 is 1.87. The highest BCUT2D eigenvalue weighted by atomic mass is 16.3. The normalized spacial score (nSPS) is 15.2. The number of amides is 1. The van der Waals surface area contributed by atoms with Gasteiger partial charge in [-0.2, -0.15) is 10.2 Å². The topological polar surface area (TPSA) is 82.8 Å². The lowest BCUT2D eigenvalue weighted by Gasteiger charge is -2.22. The van der Waals surface area contributed by atoms with E-state index in [-0.39, 0.29) is 25.1 Å². The lowest BCUT2D eigenvalue weighted by atomic mass is 9.96. The van der Waals surface area contributed by atoms with Crippen molar-refractivity contribution in [2.24, 2.45) is 5.10 Å². The molecule has 4 aromatic rings. The van der Waals surface area contributed by atoms with E-state index in [2.05, 4.69) is 36.5 Å². The number of benzene rings is 3. The summed E-state index contributed by atoms with van der Waals surface area (Å²) >= 11 is 0. The fourth-order valence-corrected chi connectivity index (χ4v) is 4.42. The van der Waals surface area contributed by atoms with Crippen LogP contribution >= 0.6 is 0 Å². The van der Waals surface area contributed by atoms with Crippen molar-refractivity contribution >= 4 is 11.6 Å². The van der Waals surface area contributed by atoms with Crippen LogP contribution < -0.4 is 5.32 Å². The van der Waals surface area contributed by atoms with Gasteiger partial charge in [-0.3, -0.25) is 4.79 Å². The van der Waals surface area contributed by atoms with Gasteiger partial charge in [0.05, 0.1) is 36.3 Å². The van der Waals surface area contributed by atoms with Crippen molar-refractivity contribution < 1.29 is 9.90 Å². The number of carbonyl (C=O) groups is 1. The maximum Gasteiger partial charge on any atom is 0.257 e. The van der Waals surface area contributed by atoms with Gasteiger partial charge in [-0.15, -0.1) is 0 Å². The minimum absolute atomic E-state index is 0.0311. The molecule has 1 atom stereocenters. The summed E-state index contributed by atoms with van der Waals surface area (Å²) in [5, 5.41) is 23.5. The minimum Gasteiger partial charge on any atom is -0.395 e. The SMILES string of the molecule is Cc1ccc(-c2nn(-c3ccccc3)cc2[C@H]2CC(c3ccccc3)=NN2C(=O)CNCCO)cc1. The highest BCUT2D eigenvalue weighted by molar-refractivity contribution is 6.03. The van der Waals surface area contributed by atoms with Crippen molar-refractivity contribution in [3.05, 3.63) is 108 Å². The third-order valence-corrected chi connectivity index (χ3v) is 6.28. The molecule has 1 amide bonds. The molecule has 0 aliphatic carbocycles. The molecule has 5 rings (SSSR count). The molecule has 2 N–H and O–H groups in total. The van der Waals surface area contributed by atoms with Gasteiger partial charge in [0.1, 0.15) is 0 Å². The molecule has 7 heteroatoms. The van der Waals surface area contributed by atoms with Crippen LogP contribution in [0.5, 0.6) is 0 Å². The summed E-state index contributed by atoms with van der Waals surface area (Å²) in [6.45, 7) is 2.47. The predicted octanol–water partition coefficient (Wildman–Crippen LogP) is 4.11. The molecular weight excluding hydrogens is 450 g/mol. The van der Waals surface area contributed by atoms with E-state index < -0.39 is 0 Å². The second-order valence-corrected chi connectivity index (χ2v) is 8.85. The number of hydrazone groups is 1. The molecule has 1 aromatic heterocycles. The van der Waals surface area contributed by atoms with E-state index in [1.807, 2.05) is 71.5 Å². The fraction of sp³-hybridized carbons (Fsp3) is 0.207.